The Bertz CT molecular complexity index is 2630. The molecular weight excluding hydrogens is 845 g/mol. The number of amides is 2. The molecule has 2 amide bonds. The molecule has 67 heavy (non-hydrogen) atoms. The Kier molecular flexibility index (Phi) is 18.4. The number of unbranched alkanes of at least 4 members (excludes halogenated alkanes) is 1. The second kappa shape index (κ2) is 25.3. The second-order valence-corrected chi connectivity index (χ2v) is 16.4. The van der Waals surface area contributed by atoms with Crippen LogP contribution in [-0.2, 0) is 37.1 Å². The van der Waals surface area contributed by atoms with Gasteiger partial charge >= 0.3 is 11.9 Å². The Labute approximate surface area is 391 Å². The molecule has 6 aromatic carbocycles. The first kappa shape index (κ1) is 48.9. The number of nitrogens with two attached hydrogens (primary N) is 2. The summed E-state index contributed by atoms with van der Waals surface area (Å²) in [6.45, 7) is 4.74. The van der Waals surface area contributed by atoms with Crippen LogP contribution in [0, 0.1) is 5.92 Å². The van der Waals surface area contributed by atoms with Crippen LogP contribution in [0.25, 0.3) is 32.7 Å². The Morgan fingerprint density at radius 1 is 0.657 bits per heavy atom. The summed E-state index contributed by atoms with van der Waals surface area (Å²) < 4.78 is 18.5. The molecule has 0 fully saturated rings. The first-order valence-corrected chi connectivity index (χ1v) is 22.8. The van der Waals surface area contributed by atoms with Crippen molar-refractivity contribution in [1.29, 1.82) is 0 Å². The third kappa shape index (κ3) is 14.2. The summed E-state index contributed by atoms with van der Waals surface area (Å²) in [7, 11) is 0. The highest BCUT2D eigenvalue weighted by Gasteiger charge is 2.31. The minimum Gasteiger partial charge on any atom is -0.488 e. The van der Waals surface area contributed by atoms with Crippen LogP contribution in [0.15, 0.2) is 146 Å². The molecule has 0 unspecified atom stereocenters. The van der Waals surface area contributed by atoms with Crippen molar-refractivity contribution in [2.45, 2.75) is 70.2 Å². The van der Waals surface area contributed by atoms with Gasteiger partial charge in [0.1, 0.15) is 30.8 Å². The number of ketones is 1. The second-order valence-electron chi connectivity index (χ2n) is 16.4. The third-order valence-electron chi connectivity index (χ3n) is 11.4. The molecule has 0 aromatic heterocycles. The SMILES string of the molecule is C=CC[C@H](NC(=O)[C@@H](CCC[NH+]=C(N)N)CC(=O)[C@@H](CCCC[NH3+])NC(=O)COc1ccc2ccccc2c1-c1c(OCc2ccccc2)ccc2ccccc12)C(=O)OCc1ccccc1. The van der Waals surface area contributed by atoms with E-state index in [9.17, 15) is 19.2 Å². The fraction of sp³-hybridized carbons (Fsp3) is 0.278. The lowest BCUT2D eigenvalue weighted by atomic mass is 9.91. The van der Waals surface area contributed by atoms with E-state index in [0.29, 0.717) is 50.5 Å². The number of hydrogen-bond acceptors (Lipinski definition) is 7. The maximum atomic E-state index is 14.3. The van der Waals surface area contributed by atoms with Crippen molar-refractivity contribution >= 4 is 51.1 Å². The normalized spacial score (nSPS) is 12.3. The van der Waals surface area contributed by atoms with Gasteiger partial charge in [-0.3, -0.25) is 30.8 Å². The van der Waals surface area contributed by atoms with E-state index in [2.05, 4.69) is 27.9 Å². The highest BCUT2D eigenvalue weighted by atomic mass is 16.5. The summed E-state index contributed by atoms with van der Waals surface area (Å²) in [5, 5.41) is 9.59. The number of fused-ring (bicyclic) bond motifs is 2. The lowest BCUT2D eigenvalue weighted by Crippen LogP contribution is -2.78. The van der Waals surface area contributed by atoms with E-state index in [1.165, 1.54) is 6.08 Å². The van der Waals surface area contributed by atoms with Gasteiger partial charge in [0, 0.05) is 23.5 Å². The van der Waals surface area contributed by atoms with Gasteiger partial charge in [-0.1, -0.05) is 127 Å². The average molecular weight is 907 g/mol. The lowest BCUT2D eigenvalue weighted by Gasteiger charge is -2.23. The number of carbonyl (C=O) groups excluding carboxylic acids is 4. The summed E-state index contributed by atoms with van der Waals surface area (Å²) in [4.78, 5) is 58.3. The minimum absolute atomic E-state index is 0.0295. The summed E-state index contributed by atoms with van der Waals surface area (Å²) in [6, 6.07) is 41.1. The molecule has 13 nitrogen and oxygen atoms in total. The zero-order valence-electron chi connectivity index (χ0n) is 37.9. The number of nitrogens with one attached hydrogen (secondary N) is 3. The van der Waals surface area contributed by atoms with Crippen molar-refractivity contribution in [3.63, 3.8) is 0 Å². The first-order valence-electron chi connectivity index (χ1n) is 22.8. The van der Waals surface area contributed by atoms with E-state index in [1.54, 1.807) is 0 Å². The average Bonchev–Trinajstić information content (AvgIpc) is 3.35. The molecule has 0 saturated carbocycles. The van der Waals surface area contributed by atoms with Gasteiger partial charge in [-0.25, -0.2) is 4.79 Å². The number of rotatable bonds is 26. The Morgan fingerprint density at radius 2 is 1.24 bits per heavy atom. The predicted octanol–water partition coefficient (Wildman–Crippen LogP) is 5.03. The molecule has 0 aliphatic heterocycles. The van der Waals surface area contributed by atoms with Crippen molar-refractivity contribution < 1.29 is 44.1 Å². The maximum absolute atomic E-state index is 14.3. The number of guanidine groups is 1. The monoisotopic (exact) mass is 906 g/mol. The smallest absolute Gasteiger partial charge is 0.338 e. The molecule has 0 bridgehead atoms. The molecular formula is C54H62N6O7+2. The fourth-order valence-electron chi connectivity index (χ4n) is 8.00. The van der Waals surface area contributed by atoms with Crippen molar-refractivity contribution in [3.05, 3.63) is 157 Å². The molecule has 3 atom stereocenters. The van der Waals surface area contributed by atoms with Gasteiger partial charge in [-0.15, -0.1) is 6.58 Å². The number of benzene rings is 6. The first-order chi connectivity index (χ1) is 32.6. The molecule has 0 aliphatic carbocycles. The number of carbonyl (C=O) groups is 4. The topological polar surface area (TPSA) is 214 Å². The molecule has 6 aromatic rings. The third-order valence-corrected chi connectivity index (χ3v) is 11.4. The van der Waals surface area contributed by atoms with E-state index < -0.39 is 42.4 Å². The molecule has 0 radical (unpaired) electrons. The van der Waals surface area contributed by atoms with Crippen LogP contribution in [0.3, 0.4) is 0 Å². The molecule has 10 N–H and O–H groups in total. The molecule has 0 aliphatic rings. The summed E-state index contributed by atoms with van der Waals surface area (Å²) in [5.74, 6) is -1.66. The molecule has 348 valence electrons. The Hall–Kier alpha value is -7.51. The quantitative estimate of drug-likeness (QED) is 0.0141. The number of ether oxygens (including phenoxy) is 3. The van der Waals surface area contributed by atoms with Gasteiger partial charge in [0.2, 0.25) is 5.91 Å². The zero-order valence-corrected chi connectivity index (χ0v) is 37.9. The standard InChI is InChI=1S/C54H60N6O7/c1-2-16-45(53(64)67-35-38-19-7-4-8-20-38)60-52(63)41(23-15-32-58-54(56)57)33-46(61)44(26-13-14-31-55)59-49(62)36-66-48-30-28-40-22-10-12-25-43(40)51(48)50-42-24-11-9-21-39(42)27-29-47(50)65-34-37-17-5-3-6-18-37/h2-12,17-22,24-25,27-30,41,44-45H,1,13-16,23,26,31-36,55H2,(H,59,62)(H,60,63)(H4,56,57,58)/p+2/t41-,44+,45-/m0/s1. The molecule has 6 rings (SSSR count). The van der Waals surface area contributed by atoms with Crippen LogP contribution in [0.4, 0.5) is 0 Å². The number of esters is 1. The molecule has 0 saturated heterocycles. The van der Waals surface area contributed by atoms with Gasteiger partial charge in [-0.05, 0) is 83.3 Å². The van der Waals surface area contributed by atoms with Crippen molar-refractivity contribution in [2.24, 2.45) is 17.4 Å². The van der Waals surface area contributed by atoms with Crippen LogP contribution < -0.4 is 42.3 Å². The van der Waals surface area contributed by atoms with E-state index >= 15 is 0 Å². The van der Waals surface area contributed by atoms with Crippen LogP contribution in [-0.4, -0.2) is 61.3 Å². The van der Waals surface area contributed by atoms with Crippen molar-refractivity contribution in [3.8, 4) is 22.6 Å². The van der Waals surface area contributed by atoms with E-state index in [0.717, 1.165) is 50.2 Å². The minimum atomic E-state index is -1.03. The van der Waals surface area contributed by atoms with Gasteiger partial charge in [0.05, 0.1) is 19.1 Å². The maximum Gasteiger partial charge on any atom is 0.338 e. The van der Waals surface area contributed by atoms with E-state index in [4.69, 9.17) is 25.7 Å². The van der Waals surface area contributed by atoms with Gasteiger partial charge in [-0.2, -0.15) is 0 Å². The van der Waals surface area contributed by atoms with Crippen LogP contribution in [0.5, 0.6) is 11.5 Å². The Morgan fingerprint density at radius 3 is 1.84 bits per heavy atom. The predicted molar refractivity (Wildman–Crippen MR) is 261 cm³/mol. The van der Waals surface area contributed by atoms with Gasteiger partial charge in [0.15, 0.2) is 12.4 Å². The largest absolute Gasteiger partial charge is 0.488 e. The highest BCUT2D eigenvalue weighted by molar-refractivity contribution is 6.10. The fourth-order valence-corrected chi connectivity index (χ4v) is 8.00. The van der Waals surface area contributed by atoms with Crippen LogP contribution in [0.1, 0.15) is 56.1 Å². The highest BCUT2D eigenvalue weighted by Crippen LogP contribution is 2.45. The van der Waals surface area contributed by atoms with Crippen molar-refractivity contribution in [1.82, 2.24) is 10.6 Å². The van der Waals surface area contributed by atoms with Gasteiger partial charge in [0.25, 0.3) is 5.91 Å². The lowest BCUT2D eigenvalue weighted by molar-refractivity contribution is -0.459. The van der Waals surface area contributed by atoms with E-state index in [1.807, 2.05) is 133 Å². The summed E-state index contributed by atoms with van der Waals surface area (Å²) in [6.07, 6.45) is 3.81. The molecule has 0 heterocycles. The zero-order chi connectivity index (χ0) is 47.4. The molecule has 0 spiro atoms. The number of hydrogen-bond donors (Lipinski definition) is 6. The van der Waals surface area contributed by atoms with Crippen molar-refractivity contribution in [2.75, 3.05) is 19.7 Å². The molecule has 13 heteroatoms. The number of Topliss-reactive ketones (excluding diaryl/α,β-unsaturated/α-hetero) is 1. The van der Waals surface area contributed by atoms with Crippen LogP contribution >= 0.6 is 0 Å². The Balaban J connectivity index is 1.22. The number of quaternary nitrogens is 1. The van der Waals surface area contributed by atoms with E-state index in [-0.39, 0.29) is 37.6 Å². The summed E-state index contributed by atoms with van der Waals surface area (Å²) in [5.41, 5.74) is 18.6. The van der Waals surface area contributed by atoms with Gasteiger partial charge < -0.3 is 30.6 Å². The summed E-state index contributed by atoms with van der Waals surface area (Å²) >= 11 is 0. The van der Waals surface area contributed by atoms with Crippen LogP contribution in [0.2, 0.25) is 0 Å².